The van der Waals surface area contributed by atoms with Gasteiger partial charge in [-0.25, -0.2) is 13.2 Å². The lowest BCUT2D eigenvalue weighted by atomic mass is 9.68. The first-order valence-corrected chi connectivity index (χ1v) is 19.0. The number of aliphatic hydroxyl groups excluding tert-OH is 1. The minimum atomic E-state index is -3.69. The van der Waals surface area contributed by atoms with Crippen molar-refractivity contribution in [2.45, 2.75) is 75.7 Å². The highest BCUT2D eigenvalue weighted by Crippen LogP contribution is 2.50. The van der Waals surface area contributed by atoms with Crippen LogP contribution in [-0.2, 0) is 14.6 Å². The topological polar surface area (TPSA) is 99.2 Å². The van der Waals surface area contributed by atoms with Crippen LogP contribution < -0.4 is 22.6 Å². The van der Waals surface area contributed by atoms with Crippen LogP contribution in [0.4, 0.5) is 16.2 Å². The van der Waals surface area contributed by atoms with E-state index in [9.17, 15) is 18.3 Å². The molecule has 2 aromatic rings. The number of nitrogens with one attached hydrogen (secondary N) is 1. The quantitative estimate of drug-likeness (QED) is 0.246. The average Bonchev–Trinajstić information content (AvgIpc) is 3.12. The summed E-state index contributed by atoms with van der Waals surface area (Å²) < 4.78 is 35.0. The van der Waals surface area contributed by atoms with E-state index in [-0.39, 0.29) is 23.1 Å². The Labute approximate surface area is 288 Å². The molecule has 2 atom stereocenters. The van der Waals surface area contributed by atoms with Gasteiger partial charge in [-0.2, -0.15) is 0 Å². The molecule has 0 radical (unpaired) electrons. The van der Waals surface area contributed by atoms with E-state index in [0.717, 1.165) is 54.4 Å². The first-order valence-electron chi connectivity index (χ1n) is 17.3. The number of halogens is 1. The van der Waals surface area contributed by atoms with E-state index in [1.54, 1.807) is 6.07 Å². The molecule has 0 spiro atoms. The Morgan fingerprint density at radius 2 is 1.68 bits per heavy atom. The number of amides is 1. The Kier molecular flexibility index (Phi) is 12.7. The maximum absolute atomic E-state index is 14.1. The molecule has 3 fully saturated rings. The number of carbonyl (C=O) groups is 1. The summed E-state index contributed by atoms with van der Waals surface area (Å²) in [5, 5.41) is 15.3. The van der Waals surface area contributed by atoms with Crippen molar-refractivity contribution >= 4 is 27.3 Å². The van der Waals surface area contributed by atoms with Gasteiger partial charge >= 0.3 is 6.09 Å². The fourth-order valence-corrected chi connectivity index (χ4v) is 10.2. The van der Waals surface area contributed by atoms with Gasteiger partial charge in [-0.1, -0.05) is 51.7 Å². The molecule has 4 aliphatic heterocycles. The third-order valence-electron chi connectivity index (χ3n) is 10.8. The fraction of sp³-hybridized carbons (Fsp3) is 0.639. The Morgan fingerprint density at radius 3 is 2.30 bits per heavy atom. The number of hydrogen-bond donors (Lipinski definition) is 2. The van der Waals surface area contributed by atoms with Crippen molar-refractivity contribution in [1.29, 1.82) is 0 Å². The molecular weight excluding hydrogens is 636 g/mol. The molecule has 262 valence electrons. The number of quaternary nitrogens is 1. The Hall–Kier alpha value is -2.37. The highest BCUT2D eigenvalue weighted by atomic mass is 35.5. The molecule has 4 heterocycles. The number of benzene rings is 2. The SMILES string of the molecule is CCCCC1(CCCC)CS(=O)(=O)c2ccc(N(C)C)cc2[C@@H](c2cccc(NC(=O)OCCC[N+]34CCN(CC3)CC4)c2)[C@H]1O.[Cl-]. The molecule has 3 saturated heterocycles. The second kappa shape index (κ2) is 15.9. The van der Waals surface area contributed by atoms with Gasteiger partial charge in [0.2, 0.25) is 0 Å². The number of anilines is 2. The molecule has 9 nitrogen and oxygen atoms in total. The molecular formula is C36H55ClN4O5S. The Balaban J connectivity index is 0.00000500. The van der Waals surface area contributed by atoms with Crippen molar-refractivity contribution in [3.8, 4) is 0 Å². The van der Waals surface area contributed by atoms with Crippen LogP contribution in [0.3, 0.4) is 0 Å². The summed E-state index contributed by atoms with van der Waals surface area (Å²) in [4.78, 5) is 17.7. The van der Waals surface area contributed by atoms with Crippen LogP contribution >= 0.6 is 0 Å². The standard InChI is InChI=1S/C36H54N4O5S.ClH/c1-5-7-15-36(16-8-6-2)27-46(43,44)32-14-13-30(38(3)4)26-31(32)33(34(36)41)28-11-9-12-29(25-28)37-35(42)45-24-10-20-40-21-17-39(18-22-40)19-23-40;/h9,11-14,25-26,33-34,41H,5-8,10,15-24,27H2,1-4H3;1H/t33-,34-;/m1./s1. The van der Waals surface area contributed by atoms with Gasteiger partial charge in [0, 0.05) is 62.9 Å². The number of unbranched alkanes of at least 4 members (excludes halogenated alkanes) is 2. The number of hydrogen-bond acceptors (Lipinski definition) is 7. The van der Waals surface area contributed by atoms with Crippen molar-refractivity contribution in [3.05, 3.63) is 53.6 Å². The molecule has 0 unspecified atom stereocenters. The summed E-state index contributed by atoms with van der Waals surface area (Å²) in [5.74, 6) is -0.660. The smallest absolute Gasteiger partial charge is 0.411 e. The van der Waals surface area contributed by atoms with Crippen LogP contribution in [0.5, 0.6) is 0 Å². The van der Waals surface area contributed by atoms with Gasteiger partial charge in [-0.15, -0.1) is 0 Å². The molecule has 1 amide bonds. The fourth-order valence-electron chi connectivity index (χ4n) is 7.99. The van der Waals surface area contributed by atoms with Crippen LogP contribution in [0.25, 0.3) is 0 Å². The molecule has 11 heteroatoms. The van der Waals surface area contributed by atoms with Crippen LogP contribution in [0.2, 0.25) is 0 Å². The Morgan fingerprint density at radius 1 is 1.02 bits per heavy atom. The molecule has 2 aromatic carbocycles. The van der Waals surface area contributed by atoms with E-state index in [4.69, 9.17) is 4.74 Å². The molecule has 0 aliphatic carbocycles. The number of fused-ring (bicyclic) bond motifs is 4. The first kappa shape index (κ1) is 37.4. The summed E-state index contributed by atoms with van der Waals surface area (Å²) >= 11 is 0. The van der Waals surface area contributed by atoms with Crippen LogP contribution in [0, 0.1) is 5.41 Å². The van der Waals surface area contributed by atoms with Gasteiger partial charge in [-0.3, -0.25) is 10.2 Å². The van der Waals surface area contributed by atoms with Gasteiger partial charge < -0.3 is 31.6 Å². The molecule has 4 aliphatic rings. The maximum atomic E-state index is 14.1. The minimum Gasteiger partial charge on any atom is -1.00 e. The van der Waals surface area contributed by atoms with E-state index in [2.05, 4.69) is 24.1 Å². The zero-order chi connectivity index (χ0) is 33.0. The highest BCUT2D eigenvalue weighted by molar-refractivity contribution is 7.91. The number of piperazine rings is 3. The van der Waals surface area contributed by atoms with Crippen molar-refractivity contribution in [2.75, 3.05) is 82.5 Å². The van der Waals surface area contributed by atoms with Crippen LogP contribution in [0.1, 0.15) is 75.8 Å². The number of sulfone groups is 1. The number of aliphatic hydroxyl groups is 1. The summed E-state index contributed by atoms with van der Waals surface area (Å²) in [6.45, 7) is 12.7. The predicted octanol–water partition coefficient (Wildman–Crippen LogP) is 2.49. The number of nitrogens with zero attached hydrogens (tertiary/aromatic N) is 3. The van der Waals surface area contributed by atoms with Gasteiger partial charge in [0.15, 0.2) is 9.84 Å². The lowest BCUT2D eigenvalue weighted by molar-refractivity contribution is -0.941. The van der Waals surface area contributed by atoms with Gasteiger partial charge in [0.05, 0.1) is 49.5 Å². The van der Waals surface area contributed by atoms with Crippen molar-refractivity contribution < 1.29 is 39.9 Å². The van der Waals surface area contributed by atoms with Crippen molar-refractivity contribution in [3.63, 3.8) is 0 Å². The monoisotopic (exact) mass is 690 g/mol. The second-order valence-electron chi connectivity index (χ2n) is 14.2. The van der Waals surface area contributed by atoms with Gasteiger partial charge in [0.25, 0.3) is 0 Å². The predicted molar refractivity (Wildman–Crippen MR) is 184 cm³/mol. The van der Waals surface area contributed by atoms with E-state index < -0.39 is 33.4 Å². The minimum absolute atomic E-state index is 0. The molecule has 0 aromatic heterocycles. The largest absolute Gasteiger partial charge is 1.00 e. The van der Waals surface area contributed by atoms with Crippen molar-refractivity contribution in [2.24, 2.45) is 5.41 Å². The van der Waals surface area contributed by atoms with Gasteiger partial charge in [-0.05, 0) is 54.3 Å². The van der Waals surface area contributed by atoms with E-state index >= 15 is 0 Å². The third kappa shape index (κ3) is 8.44. The molecule has 6 rings (SSSR count). The molecule has 2 bridgehead atoms. The summed E-state index contributed by atoms with van der Waals surface area (Å²) in [6.07, 6.45) is 4.20. The lowest BCUT2D eigenvalue weighted by Crippen LogP contribution is -3.00. The molecule has 0 saturated carbocycles. The molecule has 2 N–H and O–H groups in total. The third-order valence-corrected chi connectivity index (χ3v) is 12.8. The Bertz CT molecular complexity index is 1440. The number of ether oxygens (including phenoxy) is 1. The van der Waals surface area contributed by atoms with Crippen LogP contribution in [0.15, 0.2) is 47.4 Å². The summed E-state index contributed by atoms with van der Waals surface area (Å²) in [5.41, 5.74) is 2.03. The second-order valence-corrected chi connectivity index (χ2v) is 16.1. The lowest BCUT2D eigenvalue weighted by Gasteiger charge is -2.50. The first-order chi connectivity index (χ1) is 22.0. The average molecular weight is 691 g/mol. The van der Waals surface area contributed by atoms with Crippen LogP contribution in [-0.4, -0.2) is 107 Å². The van der Waals surface area contributed by atoms with Gasteiger partial charge in [0.1, 0.15) is 0 Å². The maximum Gasteiger partial charge on any atom is 0.411 e. The van der Waals surface area contributed by atoms with E-state index in [0.29, 0.717) is 30.7 Å². The zero-order valence-electron chi connectivity index (χ0n) is 28.7. The number of rotatable bonds is 13. The summed E-state index contributed by atoms with van der Waals surface area (Å²) in [6, 6.07) is 12.9. The van der Waals surface area contributed by atoms with E-state index in [1.165, 1.54) is 39.3 Å². The number of carbonyl (C=O) groups excluding carboxylic acids is 1. The zero-order valence-corrected chi connectivity index (χ0v) is 30.3. The van der Waals surface area contributed by atoms with E-state index in [1.807, 2.05) is 55.4 Å². The molecule has 47 heavy (non-hydrogen) atoms. The van der Waals surface area contributed by atoms with Crippen molar-refractivity contribution in [1.82, 2.24) is 4.90 Å². The normalized spacial score (nSPS) is 25.6. The highest BCUT2D eigenvalue weighted by Gasteiger charge is 2.49. The summed E-state index contributed by atoms with van der Waals surface area (Å²) in [7, 11) is 0.167.